The standard InChI is InChI=1S/C17H25N3O4/c21-16-6-14-2-1-3-15(14)18-20(16)9-13-7-19(8-13)10-17(22)11-23-4-5-24-12-17/h6,13,22H,1-5,7-12H2. The predicted molar refractivity (Wildman–Crippen MR) is 87.0 cm³/mol. The lowest BCUT2D eigenvalue weighted by molar-refractivity contribution is -0.0921. The molecule has 132 valence electrons. The molecule has 0 spiro atoms. The number of rotatable bonds is 4. The van der Waals surface area contributed by atoms with Crippen molar-refractivity contribution >= 4 is 0 Å². The summed E-state index contributed by atoms with van der Waals surface area (Å²) in [6, 6.07) is 1.76. The monoisotopic (exact) mass is 335 g/mol. The molecule has 4 rings (SSSR count). The van der Waals surface area contributed by atoms with Crippen LogP contribution in [0.1, 0.15) is 17.7 Å². The first-order chi connectivity index (χ1) is 11.6. The zero-order valence-corrected chi connectivity index (χ0v) is 13.9. The number of hydrogen-bond acceptors (Lipinski definition) is 6. The summed E-state index contributed by atoms with van der Waals surface area (Å²) in [6.07, 6.45) is 3.07. The molecule has 0 unspecified atom stereocenters. The SMILES string of the molecule is O=c1cc2c(nn1CC1CN(CC3(O)COCCOC3)C1)CCC2. The molecule has 0 radical (unpaired) electrons. The van der Waals surface area contributed by atoms with Gasteiger partial charge in [0.25, 0.3) is 5.56 Å². The van der Waals surface area contributed by atoms with Crippen molar-refractivity contribution in [1.29, 1.82) is 0 Å². The van der Waals surface area contributed by atoms with Gasteiger partial charge in [-0.1, -0.05) is 0 Å². The highest BCUT2D eigenvalue weighted by Gasteiger charge is 2.37. The Bertz CT molecular complexity index is 646. The highest BCUT2D eigenvalue weighted by atomic mass is 16.6. The second-order valence-electron chi connectivity index (χ2n) is 7.38. The average Bonchev–Trinajstić information content (AvgIpc) is 2.84. The normalized spacial score (nSPS) is 24.4. The summed E-state index contributed by atoms with van der Waals surface area (Å²) < 4.78 is 12.4. The lowest BCUT2D eigenvalue weighted by Crippen LogP contribution is -2.57. The van der Waals surface area contributed by atoms with Gasteiger partial charge in [-0.15, -0.1) is 0 Å². The summed E-state index contributed by atoms with van der Waals surface area (Å²) >= 11 is 0. The molecular weight excluding hydrogens is 310 g/mol. The van der Waals surface area contributed by atoms with Gasteiger partial charge in [0.05, 0.1) is 38.7 Å². The Kier molecular flexibility index (Phi) is 4.42. The number of ether oxygens (including phenoxy) is 2. The van der Waals surface area contributed by atoms with Crippen molar-refractivity contribution in [2.75, 3.05) is 46.1 Å². The molecule has 7 heteroatoms. The summed E-state index contributed by atoms with van der Waals surface area (Å²) in [4.78, 5) is 14.4. The maximum Gasteiger partial charge on any atom is 0.267 e. The van der Waals surface area contributed by atoms with Crippen LogP contribution < -0.4 is 5.56 Å². The van der Waals surface area contributed by atoms with E-state index in [4.69, 9.17) is 9.47 Å². The van der Waals surface area contributed by atoms with Gasteiger partial charge in [-0.25, -0.2) is 4.68 Å². The van der Waals surface area contributed by atoms with Gasteiger partial charge in [0.15, 0.2) is 0 Å². The topological polar surface area (TPSA) is 76.8 Å². The van der Waals surface area contributed by atoms with E-state index in [1.54, 1.807) is 10.7 Å². The molecule has 1 aromatic heterocycles. The van der Waals surface area contributed by atoms with E-state index in [-0.39, 0.29) is 5.56 Å². The molecule has 1 aromatic rings. The van der Waals surface area contributed by atoms with Crippen molar-refractivity contribution in [2.24, 2.45) is 5.92 Å². The van der Waals surface area contributed by atoms with Crippen molar-refractivity contribution in [1.82, 2.24) is 14.7 Å². The van der Waals surface area contributed by atoms with E-state index in [0.717, 1.165) is 43.6 Å². The number of aromatic nitrogens is 2. The molecule has 7 nitrogen and oxygen atoms in total. The van der Waals surface area contributed by atoms with Crippen LogP contribution >= 0.6 is 0 Å². The molecule has 2 saturated heterocycles. The molecule has 0 atom stereocenters. The summed E-state index contributed by atoms with van der Waals surface area (Å²) in [5, 5.41) is 15.1. The van der Waals surface area contributed by atoms with Crippen LogP contribution in [-0.2, 0) is 28.9 Å². The van der Waals surface area contributed by atoms with Gasteiger partial charge in [0, 0.05) is 31.6 Å². The fraction of sp³-hybridized carbons (Fsp3) is 0.765. The second kappa shape index (κ2) is 6.55. The van der Waals surface area contributed by atoms with Crippen molar-refractivity contribution in [3.63, 3.8) is 0 Å². The van der Waals surface area contributed by atoms with Crippen LogP contribution in [0.5, 0.6) is 0 Å². The van der Waals surface area contributed by atoms with Crippen LogP contribution in [0.3, 0.4) is 0 Å². The summed E-state index contributed by atoms with van der Waals surface area (Å²) in [7, 11) is 0. The number of fused-ring (bicyclic) bond motifs is 1. The van der Waals surface area contributed by atoms with Gasteiger partial charge < -0.3 is 14.6 Å². The summed E-state index contributed by atoms with van der Waals surface area (Å²) in [5.74, 6) is 0.408. The lowest BCUT2D eigenvalue weighted by Gasteiger charge is -2.43. The maximum atomic E-state index is 12.2. The van der Waals surface area contributed by atoms with E-state index in [1.807, 2.05) is 0 Å². The third-order valence-corrected chi connectivity index (χ3v) is 5.12. The number of aryl methyl sites for hydroxylation is 2. The Morgan fingerprint density at radius 1 is 1.25 bits per heavy atom. The summed E-state index contributed by atoms with van der Waals surface area (Å²) in [6.45, 7) is 4.67. The quantitative estimate of drug-likeness (QED) is 0.795. The molecule has 2 aliphatic heterocycles. The molecule has 24 heavy (non-hydrogen) atoms. The van der Waals surface area contributed by atoms with Crippen molar-refractivity contribution in [3.05, 3.63) is 27.7 Å². The van der Waals surface area contributed by atoms with E-state index in [9.17, 15) is 9.90 Å². The van der Waals surface area contributed by atoms with Crippen LogP contribution in [0.15, 0.2) is 10.9 Å². The Morgan fingerprint density at radius 2 is 2.00 bits per heavy atom. The fourth-order valence-electron chi connectivity index (χ4n) is 3.93. The molecule has 2 fully saturated rings. The van der Waals surface area contributed by atoms with Crippen molar-refractivity contribution in [2.45, 2.75) is 31.4 Å². The van der Waals surface area contributed by atoms with Gasteiger partial charge in [-0.2, -0.15) is 5.10 Å². The number of hydrogen-bond donors (Lipinski definition) is 1. The number of likely N-dealkylation sites (tertiary alicyclic amines) is 1. The molecule has 0 amide bonds. The Hall–Kier alpha value is -1.28. The molecule has 0 bridgehead atoms. The first kappa shape index (κ1) is 16.2. The van der Waals surface area contributed by atoms with Gasteiger partial charge in [0.1, 0.15) is 5.60 Å². The van der Waals surface area contributed by atoms with Crippen LogP contribution in [0, 0.1) is 5.92 Å². The molecule has 3 aliphatic rings. The predicted octanol–water partition coefficient (Wildman–Crippen LogP) is -0.558. The second-order valence-corrected chi connectivity index (χ2v) is 7.38. The van der Waals surface area contributed by atoms with Crippen molar-refractivity contribution in [3.8, 4) is 0 Å². The molecule has 3 heterocycles. The maximum absolute atomic E-state index is 12.2. The van der Waals surface area contributed by atoms with E-state index >= 15 is 0 Å². The smallest absolute Gasteiger partial charge is 0.267 e. The van der Waals surface area contributed by atoms with Gasteiger partial charge in [0.2, 0.25) is 0 Å². The number of nitrogens with zero attached hydrogens (tertiary/aromatic N) is 3. The summed E-state index contributed by atoms with van der Waals surface area (Å²) in [5.41, 5.74) is 1.30. The Labute approximate surface area is 141 Å². The zero-order chi connectivity index (χ0) is 16.6. The van der Waals surface area contributed by atoms with Crippen molar-refractivity contribution < 1.29 is 14.6 Å². The third-order valence-electron chi connectivity index (χ3n) is 5.12. The Morgan fingerprint density at radius 3 is 2.75 bits per heavy atom. The molecular formula is C17H25N3O4. The van der Waals surface area contributed by atoms with Crippen LogP contribution in [0.2, 0.25) is 0 Å². The fourth-order valence-corrected chi connectivity index (χ4v) is 3.93. The zero-order valence-electron chi connectivity index (χ0n) is 13.9. The van der Waals surface area contributed by atoms with E-state index < -0.39 is 5.60 Å². The molecule has 1 aliphatic carbocycles. The van der Waals surface area contributed by atoms with Crippen LogP contribution in [0.4, 0.5) is 0 Å². The van der Waals surface area contributed by atoms with Crippen LogP contribution in [-0.4, -0.2) is 71.4 Å². The number of β-amino-alcohol motifs (C(OH)–C–C–N with tert-alkyl or cyclic N) is 1. The lowest BCUT2D eigenvalue weighted by atomic mass is 9.96. The average molecular weight is 335 g/mol. The molecule has 0 aromatic carbocycles. The van der Waals surface area contributed by atoms with Gasteiger partial charge in [-0.05, 0) is 24.8 Å². The molecule has 0 saturated carbocycles. The van der Waals surface area contributed by atoms with E-state index in [2.05, 4.69) is 10.00 Å². The van der Waals surface area contributed by atoms with E-state index in [1.165, 1.54) is 0 Å². The van der Waals surface area contributed by atoms with E-state index in [0.29, 0.717) is 45.4 Å². The Balaban J connectivity index is 1.31. The minimum Gasteiger partial charge on any atom is -0.384 e. The van der Waals surface area contributed by atoms with Gasteiger partial charge >= 0.3 is 0 Å². The number of aliphatic hydroxyl groups is 1. The largest absolute Gasteiger partial charge is 0.384 e. The highest BCUT2D eigenvalue weighted by molar-refractivity contribution is 5.22. The van der Waals surface area contributed by atoms with Crippen LogP contribution in [0.25, 0.3) is 0 Å². The minimum absolute atomic E-state index is 0.0123. The molecule has 1 N–H and O–H groups in total. The minimum atomic E-state index is -0.926. The third kappa shape index (κ3) is 3.39. The van der Waals surface area contributed by atoms with Gasteiger partial charge in [-0.3, -0.25) is 9.69 Å². The highest BCUT2D eigenvalue weighted by Crippen LogP contribution is 2.22. The first-order valence-corrected chi connectivity index (χ1v) is 8.81. The first-order valence-electron chi connectivity index (χ1n) is 8.81.